The van der Waals surface area contributed by atoms with E-state index >= 15 is 0 Å². The van der Waals surface area contributed by atoms with Gasteiger partial charge in [0.25, 0.3) is 0 Å². The summed E-state index contributed by atoms with van der Waals surface area (Å²) in [6.45, 7) is -0.491. The highest BCUT2D eigenvalue weighted by Crippen LogP contribution is 2.49. The van der Waals surface area contributed by atoms with Crippen molar-refractivity contribution in [2.45, 2.75) is 44.4 Å². The lowest BCUT2D eigenvalue weighted by Crippen LogP contribution is -2.37. The fourth-order valence-electron chi connectivity index (χ4n) is 4.64. The lowest BCUT2D eigenvalue weighted by molar-refractivity contribution is -0.139. The number of allylic oxidation sites excluding steroid dienone is 4. The first kappa shape index (κ1) is 19.7. The van der Waals surface area contributed by atoms with Gasteiger partial charge in [-0.25, -0.2) is 4.79 Å². The van der Waals surface area contributed by atoms with Crippen molar-refractivity contribution >= 4 is 29.1 Å². The minimum absolute atomic E-state index is 0.0790. The number of carboxylic acid groups (broad SMARTS) is 1. The standard InChI is InChI=1S/C22H22ClNO5/c1-24-14-4-2-6-16(25)21(14)20(22-15(24)5-3-7-17(22)26)12-8-9-18(13(23)10-12)29-11-19(27)28/h8-10,20H,2-7,11H2,1H3,(H,27,28). The van der Waals surface area contributed by atoms with Crippen LogP contribution in [0.5, 0.6) is 5.75 Å². The molecule has 0 saturated carbocycles. The zero-order chi connectivity index (χ0) is 20.7. The molecule has 0 fully saturated rings. The molecule has 1 heterocycles. The van der Waals surface area contributed by atoms with Crippen LogP contribution in [0.25, 0.3) is 0 Å². The summed E-state index contributed by atoms with van der Waals surface area (Å²) >= 11 is 6.35. The summed E-state index contributed by atoms with van der Waals surface area (Å²) in [5.74, 6) is -1.10. The van der Waals surface area contributed by atoms with Gasteiger partial charge in [0.1, 0.15) is 5.75 Å². The maximum atomic E-state index is 12.9. The lowest BCUT2D eigenvalue weighted by atomic mass is 9.71. The molecule has 1 aromatic carbocycles. The van der Waals surface area contributed by atoms with Crippen LogP contribution in [0.1, 0.15) is 50.0 Å². The van der Waals surface area contributed by atoms with E-state index in [0.29, 0.717) is 24.0 Å². The zero-order valence-electron chi connectivity index (χ0n) is 16.2. The molecular weight excluding hydrogens is 394 g/mol. The van der Waals surface area contributed by atoms with Gasteiger partial charge in [-0.05, 0) is 43.4 Å². The molecule has 0 saturated heterocycles. The number of ketones is 2. The summed E-state index contributed by atoms with van der Waals surface area (Å²) in [4.78, 5) is 38.7. The third-order valence-corrected chi connectivity index (χ3v) is 6.18. The quantitative estimate of drug-likeness (QED) is 0.804. The maximum absolute atomic E-state index is 12.9. The molecule has 0 radical (unpaired) electrons. The van der Waals surface area contributed by atoms with Gasteiger partial charge >= 0.3 is 5.97 Å². The molecule has 0 amide bonds. The predicted molar refractivity (Wildman–Crippen MR) is 107 cm³/mol. The number of carbonyl (C=O) groups is 3. The van der Waals surface area contributed by atoms with E-state index in [0.717, 1.165) is 42.6 Å². The normalized spacial score (nSPS) is 20.0. The maximum Gasteiger partial charge on any atom is 0.341 e. The summed E-state index contributed by atoms with van der Waals surface area (Å²) in [6.07, 6.45) is 4.21. The number of hydrogen-bond acceptors (Lipinski definition) is 5. The number of rotatable bonds is 4. The molecule has 152 valence electrons. The number of aliphatic carboxylic acids is 1. The number of Topliss-reactive ketones (excluding diaryl/α,β-unsaturated/α-hetero) is 2. The second-order valence-electron chi connectivity index (χ2n) is 7.64. The Bertz CT molecular complexity index is 933. The van der Waals surface area contributed by atoms with Crippen LogP contribution in [-0.2, 0) is 14.4 Å². The van der Waals surface area contributed by atoms with Crippen molar-refractivity contribution in [2.75, 3.05) is 13.7 Å². The fourth-order valence-corrected chi connectivity index (χ4v) is 4.88. The van der Waals surface area contributed by atoms with Crippen molar-refractivity contribution in [1.82, 2.24) is 4.90 Å². The van der Waals surface area contributed by atoms with Crippen molar-refractivity contribution in [1.29, 1.82) is 0 Å². The summed E-state index contributed by atoms with van der Waals surface area (Å²) in [5.41, 5.74) is 4.16. The van der Waals surface area contributed by atoms with Crippen molar-refractivity contribution in [3.63, 3.8) is 0 Å². The average molecular weight is 416 g/mol. The number of benzene rings is 1. The number of carboxylic acids is 1. The Morgan fingerprint density at radius 2 is 1.69 bits per heavy atom. The van der Waals surface area contributed by atoms with Crippen LogP contribution in [0.3, 0.4) is 0 Å². The van der Waals surface area contributed by atoms with Gasteiger partial charge < -0.3 is 14.7 Å². The summed E-state index contributed by atoms with van der Waals surface area (Å²) < 4.78 is 5.22. The first-order chi connectivity index (χ1) is 13.9. The molecule has 1 aromatic rings. The van der Waals surface area contributed by atoms with Gasteiger partial charge in [-0.2, -0.15) is 0 Å². The number of hydrogen-bond donors (Lipinski definition) is 1. The molecule has 1 aliphatic heterocycles. The molecule has 3 aliphatic rings. The van der Waals surface area contributed by atoms with Gasteiger partial charge in [0.05, 0.1) is 5.02 Å². The smallest absolute Gasteiger partial charge is 0.341 e. The van der Waals surface area contributed by atoms with Crippen molar-refractivity contribution < 1.29 is 24.2 Å². The van der Waals surface area contributed by atoms with Crippen LogP contribution < -0.4 is 4.74 Å². The Kier molecular flexibility index (Phi) is 5.21. The average Bonchev–Trinajstić information content (AvgIpc) is 2.68. The van der Waals surface area contributed by atoms with Crippen LogP contribution in [-0.4, -0.2) is 41.2 Å². The summed E-state index contributed by atoms with van der Waals surface area (Å²) in [5, 5.41) is 9.07. The molecule has 4 rings (SSSR count). The predicted octanol–water partition coefficient (Wildman–Crippen LogP) is 3.85. The molecule has 0 unspecified atom stereocenters. The number of carbonyl (C=O) groups excluding carboxylic acids is 2. The molecule has 29 heavy (non-hydrogen) atoms. The van der Waals surface area contributed by atoms with E-state index in [1.165, 1.54) is 0 Å². The van der Waals surface area contributed by atoms with Gasteiger partial charge in [-0.1, -0.05) is 17.7 Å². The second-order valence-corrected chi connectivity index (χ2v) is 8.05. The zero-order valence-corrected chi connectivity index (χ0v) is 16.9. The molecule has 7 heteroatoms. The lowest BCUT2D eigenvalue weighted by Gasteiger charge is -2.42. The number of nitrogens with zero attached hydrogens (tertiary/aromatic N) is 1. The molecule has 0 atom stereocenters. The van der Waals surface area contributed by atoms with Gasteiger partial charge in [0.15, 0.2) is 18.2 Å². The number of ether oxygens (including phenoxy) is 1. The molecular formula is C22H22ClNO5. The van der Waals surface area contributed by atoms with Gasteiger partial charge in [-0.3, -0.25) is 9.59 Å². The minimum Gasteiger partial charge on any atom is -0.480 e. The van der Waals surface area contributed by atoms with Crippen LogP contribution in [0.2, 0.25) is 5.02 Å². The largest absolute Gasteiger partial charge is 0.480 e. The van der Waals surface area contributed by atoms with Gasteiger partial charge in [0, 0.05) is 48.3 Å². The molecule has 0 spiro atoms. The Labute approximate surface area is 173 Å². The molecule has 6 nitrogen and oxygen atoms in total. The van der Waals surface area contributed by atoms with Gasteiger partial charge in [0.2, 0.25) is 0 Å². The first-order valence-corrected chi connectivity index (χ1v) is 10.2. The SMILES string of the molecule is CN1C2=C(C(=O)CCC2)C(c2ccc(OCC(=O)O)c(Cl)c2)C2=C1CCCC2=O. The Balaban J connectivity index is 1.82. The molecule has 0 aromatic heterocycles. The summed E-state index contributed by atoms with van der Waals surface area (Å²) in [6, 6.07) is 5.08. The third-order valence-electron chi connectivity index (χ3n) is 5.88. The van der Waals surface area contributed by atoms with E-state index in [9.17, 15) is 14.4 Å². The monoisotopic (exact) mass is 415 g/mol. The van der Waals surface area contributed by atoms with Crippen molar-refractivity contribution in [3.05, 3.63) is 51.3 Å². The first-order valence-electron chi connectivity index (χ1n) is 9.78. The van der Waals surface area contributed by atoms with Crippen LogP contribution in [0.15, 0.2) is 40.7 Å². The van der Waals surface area contributed by atoms with Gasteiger partial charge in [-0.15, -0.1) is 0 Å². The molecule has 2 aliphatic carbocycles. The van der Waals surface area contributed by atoms with Crippen LogP contribution in [0.4, 0.5) is 0 Å². The molecule has 0 bridgehead atoms. The topological polar surface area (TPSA) is 83.9 Å². The van der Waals surface area contributed by atoms with Crippen LogP contribution >= 0.6 is 11.6 Å². The molecule has 1 N–H and O–H groups in total. The van der Waals surface area contributed by atoms with E-state index in [1.807, 2.05) is 7.05 Å². The van der Waals surface area contributed by atoms with E-state index in [4.69, 9.17) is 21.4 Å². The minimum atomic E-state index is -1.09. The van der Waals surface area contributed by atoms with E-state index in [2.05, 4.69) is 4.90 Å². The van der Waals surface area contributed by atoms with E-state index in [-0.39, 0.29) is 22.3 Å². The highest BCUT2D eigenvalue weighted by Gasteiger charge is 2.42. The van der Waals surface area contributed by atoms with E-state index < -0.39 is 18.5 Å². The second kappa shape index (κ2) is 7.67. The summed E-state index contributed by atoms with van der Waals surface area (Å²) in [7, 11) is 1.95. The van der Waals surface area contributed by atoms with Crippen molar-refractivity contribution in [3.8, 4) is 5.75 Å². The van der Waals surface area contributed by atoms with E-state index in [1.54, 1.807) is 18.2 Å². The third kappa shape index (κ3) is 3.46. The Hall–Kier alpha value is -2.60. The van der Waals surface area contributed by atoms with Crippen LogP contribution in [0, 0.1) is 0 Å². The fraction of sp³-hybridized carbons (Fsp3) is 0.409. The Morgan fingerprint density at radius 3 is 2.21 bits per heavy atom. The van der Waals surface area contributed by atoms with Crippen molar-refractivity contribution in [2.24, 2.45) is 0 Å². The highest BCUT2D eigenvalue weighted by atomic mass is 35.5. The highest BCUT2D eigenvalue weighted by molar-refractivity contribution is 6.32. The number of halogens is 1. The Morgan fingerprint density at radius 1 is 1.10 bits per heavy atom.